The van der Waals surface area contributed by atoms with E-state index in [1.165, 1.54) is 0 Å². The van der Waals surface area contributed by atoms with Crippen LogP contribution in [-0.4, -0.2) is 24.6 Å². The molecule has 0 aliphatic carbocycles. The maximum absolute atomic E-state index is 11.4. The summed E-state index contributed by atoms with van der Waals surface area (Å²) in [6.07, 6.45) is -0.171. The van der Waals surface area contributed by atoms with Crippen LogP contribution in [0.5, 0.6) is 0 Å². The summed E-state index contributed by atoms with van der Waals surface area (Å²) < 4.78 is 5.04. The fraction of sp³-hybridized carbons (Fsp3) is 0.333. The third-order valence-electron chi connectivity index (χ3n) is 2.51. The van der Waals surface area contributed by atoms with Crippen LogP contribution in [0.1, 0.15) is 12.0 Å². The van der Waals surface area contributed by atoms with Gasteiger partial charge in [-0.3, -0.25) is 4.79 Å². The van der Waals surface area contributed by atoms with E-state index in [2.05, 4.69) is 10.6 Å². The molecule has 90 valence electrons. The van der Waals surface area contributed by atoms with Gasteiger partial charge < -0.3 is 15.4 Å². The molecule has 1 saturated heterocycles. The molecule has 1 fully saturated rings. The summed E-state index contributed by atoms with van der Waals surface area (Å²) in [6.45, 7) is 0.708. The lowest BCUT2D eigenvalue weighted by Crippen LogP contribution is -2.36. The van der Waals surface area contributed by atoms with Crippen molar-refractivity contribution in [2.75, 3.05) is 6.54 Å². The summed E-state index contributed by atoms with van der Waals surface area (Å²) in [5.41, 5.74) is 0.934. The number of alkyl carbamates (subject to hydrolysis) is 1. The van der Waals surface area contributed by atoms with Crippen molar-refractivity contribution >= 4 is 12.0 Å². The number of carbonyl (C=O) groups excluding carboxylic acids is 2. The van der Waals surface area contributed by atoms with Gasteiger partial charge in [0.15, 0.2) is 0 Å². The molecular formula is C12H14N2O3. The van der Waals surface area contributed by atoms with Gasteiger partial charge in [-0.15, -0.1) is 0 Å². The zero-order valence-electron chi connectivity index (χ0n) is 9.31. The fourth-order valence-electron chi connectivity index (χ4n) is 1.64. The Morgan fingerprint density at radius 2 is 2.18 bits per heavy atom. The predicted octanol–water partition coefficient (Wildman–Crippen LogP) is 0.801. The van der Waals surface area contributed by atoms with E-state index in [-0.39, 0.29) is 18.6 Å². The molecular weight excluding hydrogens is 220 g/mol. The zero-order valence-corrected chi connectivity index (χ0v) is 9.31. The van der Waals surface area contributed by atoms with E-state index >= 15 is 0 Å². The van der Waals surface area contributed by atoms with Crippen LogP contribution in [-0.2, 0) is 16.1 Å². The average Bonchev–Trinajstić information content (AvgIpc) is 2.73. The van der Waals surface area contributed by atoms with Crippen LogP contribution in [0.2, 0.25) is 0 Å². The molecule has 5 nitrogen and oxygen atoms in total. The summed E-state index contributed by atoms with van der Waals surface area (Å²) >= 11 is 0. The van der Waals surface area contributed by atoms with Gasteiger partial charge in [-0.05, 0) is 5.56 Å². The molecule has 1 atom stereocenters. The zero-order chi connectivity index (χ0) is 12.1. The van der Waals surface area contributed by atoms with Crippen molar-refractivity contribution in [3.05, 3.63) is 35.9 Å². The first-order chi connectivity index (χ1) is 8.24. The Kier molecular flexibility index (Phi) is 3.59. The standard InChI is InChI=1S/C12H14N2O3/c15-11-6-10(7-13-11)14-12(16)17-8-9-4-2-1-3-5-9/h1-5,10H,6-8H2,(H,13,15)(H,14,16). The van der Waals surface area contributed by atoms with E-state index in [1.807, 2.05) is 30.3 Å². The summed E-state index contributed by atoms with van der Waals surface area (Å²) in [7, 11) is 0. The highest BCUT2D eigenvalue weighted by atomic mass is 16.5. The van der Waals surface area contributed by atoms with Crippen LogP contribution in [0.3, 0.4) is 0 Å². The second-order valence-electron chi connectivity index (χ2n) is 3.91. The van der Waals surface area contributed by atoms with E-state index < -0.39 is 6.09 Å². The van der Waals surface area contributed by atoms with Gasteiger partial charge in [0.2, 0.25) is 5.91 Å². The van der Waals surface area contributed by atoms with Crippen LogP contribution in [0, 0.1) is 0 Å². The highest BCUT2D eigenvalue weighted by Crippen LogP contribution is 2.02. The topological polar surface area (TPSA) is 67.4 Å². The molecule has 0 bridgehead atoms. The van der Waals surface area contributed by atoms with Gasteiger partial charge in [-0.2, -0.15) is 0 Å². The first-order valence-corrected chi connectivity index (χ1v) is 5.48. The van der Waals surface area contributed by atoms with Gasteiger partial charge in [0, 0.05) is 13.0 Å². The second-order valence-corrected chi connectivity index (χ2v) is 3.91. The van der Waals surface area contributed by atoms with Crippen molar-refractivity contribution in [2.45, 2.75) is 19.1 Å². The van der Waals surface area contributed by atoms with Crippen molar-refractivity contribution in [1.82, 2.24) is 10.6 Å². The number of nitrogens with one attached hydrogen (secondary N) is 2. The van der Waals surface area contributed by atoms with Crippen molar-refractivity contribution < 1.29 is 14.3 Å². The lowest BCUT2D eigenvalue weighted by molar-refractivity contribution is -0.119. The summed E-state index contributed by atoms with van der Waals surface area (Å²) in [5, 5.41) is 5.27. The molecule has 1 aromatic rings. The van der Waals surface area contributed by atoms with E-state index in [9.17, 15) is 9.59 Å². The maximum Gasteiger partial charge on any atom is 0.407 e. The first kappa shape index (κ1) is 11.4. The number of hydrogen-bond donors (Lipinski definition) is 2. The number of rotatable bonds is 3. The molecule has 1 aliphatic heterocycles. The largest absolute Gasteiger partial charge is 0.445 e. The van der Waals surface area contributed by atoms with Crippen LogP contribution < -0.4 is 10.6 Å². The number of hydrogen-bond acceptors (Lipinski definition) is 3. The third-order valence-corrected chi connectivity index (χ3v) is 2.51. The smallest absolute Gasteiger partial charge is 0.407 e. The number of amides is 2. The Morgan fingerprint density at radius 3 is 2.82 bits per heavy atom. The molecule has 2 N–H and O–H groups in total. The molecule has 1 unspecified atom stereocenters. The van der Waals surface area contributed by atoms with Crippen LogP contribution in [0.15, 0.2) is 30.3 Å². The molecule has 1 heterocycles. The number of ether oxygens (including phenoxy) is 1. The fourth-order valence-corrected chi connectivity index (χ4v) is 1.64. The Hall–Kier alpha value is -2.04. The minimum absolute atomic E-state index is 0.0432. The van der Waals surface area contributed by atoms with Gasteiger partial charge in [-0.1, -0.05) is 30.3 Å². The quantitative estimate of drug-likeness (QED) is 0.813. The van der Waals surface area contributed by atoms with E-state index in [4.69, 9.17) is 4.74 Å². The minimum atomic E-state index is -0.490. The van der Waals surface area contributed by atoms with Crippen molar-refractivity contribution in [3.8, 4) is 0 Å². The van der Waals surface area contributed by atoms with Gasteiger partial charge in [-0.25, -0.2) is 4.79 Å². The molecule has 0 spiro atoms. The number of carbonyl (C=O) groups is 2. The molecule has 0 saturated carbocycles. The Morgan fingerprint density at radius 1 is 1.41 bits per heavy atom. The SMILES string of the molecule is O=C1CC(NC(=O)OCc2ccccc2)CN1. The Bertz CT molecular complexity index is 405. The molecule has 2 rings (SSSR count). The molecule has 1 aliphatic rings. The van der Waals surface area contributed by atoms with Crippen LogP contribution in [0.25, 0.3) is 0 Å². The highest BCUT2D eigenvalue weighted by Gasteiger charge is 2.23. The van der Waals surface area contributed by atoms with Crippen LogP contribution in [0.4, 0.5) is 4.79 Å². The summed E-state index contributed by atoms with van der Waals surface area (Å²) in [4.78, 5) is 22.3. The third kappa shape index (κ3) is 3.48. The van der Waals surface area contributed by atoms with Gasteiger partial charge in [0.05, 0.1) is 6.04 Å². The van der Waals surface area contributed by atoms with Gasteiger partial charge >= 0.3 is 6.09 Å². The number of benzene rings is 1. The second kappa shape index (κ2) is 5.34. The monoisotopic (exact) mass is 234 g/mol. The molecule has 1 aromatic carbocycles. The summed E-state index contributed by atoms with van der Waals surface area (Å²) in [5.74, 6) is -0.0432. The minimum Gasteiger partial charge on any atom is -0.445 e. The van der Waals surface area contributed by atoms with E-state index in [1.54, 1.807) is 0 Å². The van der Waals surface area contributed by atoms with E-state index in [0.717, 1.165) is 5.56 Å². The molecule has 17 heavy (non-hydrogen) atoms. The average molecular weight is 234 g/mol. The lowest BCUT2D eigenvalue weighted by Gasteiger charge is -2.10. The lowest BCUT2D eigenvalue weighted by atomic mass is 10.2. The van der Waals surface area contributed by atoms with E-state index in [0.29, 0.717) is 13.0 Å². The van der Waals surface area contributed by atoms with Crippen LogP contribution >= 0.6 is 0 Å². The van der Waals surface area contributed by atoms with Gasteiger partial charge in [0.25, 0.3) is 0 Å². The first-order valence-electron chi connectivity index (χ1n) is 5.48. The normalized spacial score (nSPS) is 18.6. The highest BCUT2D eigenvalue weighted by molar-refractivity contribution is 5.80. The van der Waals surface area contributed by atoms with Crippen molar-refractivity contribution in [1.29, 1.82) is 0 Å². The molecule has 0 aromatic heterocycles. The molecule has 5 heteroatoms. The summed E-state index contributed by atoms with van der Waals surface area (Å²) in [6, 6.07) is 9.28. The van der Waals surface area contributed by atoms with Crippen molar-refractivity contribution in [2.24, 2.45) is 0 Å². The predicted molar refractivity (Wildman–Crippen MR) is 61.2 cm³/mol. The van der Waals surface area contributed by atoms with Crippen molar-refractivity contribution in [3.63, 3.8) is 0 Å². The Balaban J connectivity index is 1.73. The maximum atomic E-state index is 11.4. The molecule has 2 amide bonds. The Labute approximate surface area is 99.2 Å². The van der Waals surface area contributed by atoms with Gasteiger partial charge in [0.1, 0.15) is 6.61 Å². The molecule has 0 radical (unpaired) electrons.